The fourth-order valence-corrected chi connectivity index (χ4v) is 6.07. The minimum Gasteiger partial charge on any atom is -0.494 e. The van der Waals surface area contributed by atoms with Crippen LogP contribution in [0.15, 0.2) is 81.7 Å². The van der Waals surface area contributed by atoms with Crippen LogP contribution in [0.1, 0.15) is 44.9 Å². The molecule has 1 aliphatic heterocycles. The summed E-state index contributed by atoms with van der Waals surface area (Å²) in [6.07, 6.45) is 1.76. The Labute approximate surface area is 252 Å². The number of aromatic nitrogens is 1. The summed E-state index contributed by atoms with van der Waals surface area (Å²) in [6.45, 7) is 7.80. The zero-order valence-corrected chi connectivity index (χ0v) is 25.2. The van der Waals surface area contributed by atoms with Crippen LogP contribution in [0, 0.1) is 0 Å². The number of allylic oxidation sites excluding steroid dienone is 1. The number of thiazole rings is 1. The highest BCUT2D eigenvalue weighted by Gasteiger charge is 2.33. The molecule has 1 aliphatic rings. The first-order valence-electron chi connectivity index (χ1n) is 14.1. The van der Waals surface area contributed by atoms with Crippen molar-refractivity contribution in [1.82, 2.24) is 4.57 Å². The van der Waals surface area contributed by atoms with Crippen LogP contribution in [-0.2, 0) is 19.1 Å². The standard InChI is InChI=1S/C33H32N2O7S/c1-5-39-23-15-12-22(13-16-23)30-29(32(38)41-7-3)20(4)34-33-35(30)31(37)27(43-33)18-25-24-11-9-8-10-21(24)14-17-26(25)42-19-28(36)40-6-2/h8-18,30H,5-7,19H2,1-4H3/b27-18-. The molecule has 0 amide bonds. The summed E-state index contributed by atoms with van der Waals surface area (Å²) < 4.78 is 23.8. The van der Waals surface area contributed by atoms with Gasteiger partial charge in [-0.05, 0) is 68.3 Å². The van der Waals surface area contributed by atoms with E-state index in [2.05, 4.69) is 4.99 Å². The maximum Gasteiger partial charge on any atom is 0.344 e. The second kappa shape index (κ2) is 13.1. The van der Waals surface area contributed by atoms with Crippen LogP contribution >= 0.6 is 11.3 Å². The van der Waals surface area contributed by atoms with Gasteiger partial charge in [0, 0.05) is 5.56 Å². The van der Waals surface area contributed by atoms with Crippen molar-refractivity contribution in [3.05, 3.63) is 103 Å². The molecule has 222 valence electrons. The van der Waals surface area contributed by atoms with Crippen molar-refractivity contribution in [2.24, 2.45) is 4.99 Å². The maximum atomic E-state index is 14.2. The Kier molecular flexibility index (Phi) is 9.06. The third-order valence-corrected chi connectivity index (χ3v) is 7.86. The number of hydrogen-bond donors (Lipinski definition) is 0. The number of benzene rings is 3. The van der Waals surface area contributed by atoms with Gasteiger partial charge >= 0.3 is 11.9 Å². The van der Waals surface area contributed by atoms with Crippen LogP contribution in [0.5, 0.6) is 11.5 Å². The Morgan fingerprint density at radius 1 is 0.930 bits per heavy atom. The molecule has 0 radical (unpaired) electrons. The second-order valence-corrected chi connectivity index (χ2v) is 10.6. The highest BCUT2D eigenvalue weighted by Crippen LogP contribution is 2.32. The Morgan fingerprint density at radius 3 is 2.40 bits per heavy atom. The molecule has 5 rings (SSSR count). The second-order valence-electron chi connectivity index (χ2n) is 9.60. The van der Waals surface area contributed by atoms with E-state index in [0.717, 1.165) is 16.3 Å². The van der Waals surface area contributed by atoms with Gasteiger partial charge in [0.2, 0.25) is 0 Å². The van der Waals surface area contributed by atoms with Gasteiger partial charge in [0.25, 0.3) is 5.56 Å². The van der Waals surface area contributed by atoms with Crippen molar-refractivity contribution < 1.29 is 28.5 Å². The topological polar surface area (TPSA) is 105 Å². The van der Waals surface area contributed by atoms with Crippen LogP contribution in [-0.4, -0.2) is 42.9 Å². The molecular formula is C33H32N2O7S. The molecule has 1 atom stereocenters. The SMILES string of the molecule is CCOC(=O)COc1ccc2ccccc2c1/C=c1\sc2n(c1=O)C(c1ccc(OCC)cc1)C(C(=O)OCC)=C(C)N=2. The molecule has 1 unspecified atom stereocenters. The predicted octanol–water partition coefficient (Wildman–Crippen LogP) is 4.29. The molecule has 1 aromatic heterocycles. The summed E-state index contributed by atoms with van der Waals surface area (Å²) in [7, 11) is 0. The monoisotopic (exact) mass is 600 g/mol. The van der Waals surface area contributed by atoms with Gasteiger partial charge in [-0.15, -0.1) is 0 Å². The Hall–Kier alpha value is -4.70. The van der Waals surface area contributed by atoms with Gasteiger partial charge in [-0.2, -0.15) is 0 Å². The minimum absolute atomic E-state index is 0.186. The lowest BCUT2D eigenvalue weighted by molar-refractivity contribution is -0.145. The van der Waals surface area contributed by atoms with Crippen LogP contribution in [0.3, 0.4) is 0 Å². The van der Waals surface area contributed by atoms with Crippen molar-refractivity contribution in [3.8, 4) is 11.5 Å². The normalized spacial score (nSPS) is 14.7. The molecule has 10 heteroatoms. The number of nitrogens with zero attached hydrogens (tertiary/aromatic N) is 2. The van der Waals surface area contributed by atoms with E-state index in [1.165, 1.54) is 15.9 Å². The van der Waals surface area contributed by atoms with Crippen LogP contribution in [0.2, 0.25) is 0 Å². The Morgan fingerprint density at radius 2 is 1.67 bits per heavy atom. The van der Waals surface area contributed by atoms with Gasteiger partial charge in [0.15, 0.2) is 11.4 Å². The van der Waals surface area contributed by atoms with Crippen LogP contribution in [0.4, 0.5) is 0 Å². The number of ether oxygens (including phenoxy) is 4. The van der Waals surface area contributed by atoms with E-state index >= 15 is 0 Å². The molecular weight excluding hydrogens is 568 g/mol. The number of carbonyl (C=O) groups is 2. The van der Waals surface area contributed by atoms with Gasteiger partial charge in [-0.25, -0.2) is 14.6 Å². The molecule has 9 nitrogen and oxygen atoms in total. The molecule has 3 aromatic carbocycles. The first kappa shape index (κ1) is 29.8. The van der Waals surface area contributed by atoms with E-state index in [-0.39, 0.29) is 25.4 Å². The van der Waals surface area contributed by atoms with Crippen LogP contribution in [0.25, 0.3) is 16.8 Å². The number of carbonyl (C=O) groups excluding carboxylic acids is 2. The van der Waals surface area contributed by atoms with E-state index in [9.17, 15) is 14.4 Å². The van der Waals surface area contributed by atoms with E-state index in [1.807, 2.05) is 61.5 Å². The van der Waals surface area contributed by atoms with Gasteiger partial charge in [-0.1, -0.05) is 53.8 Å². The largest absolute Gasteiger partial charge is 0.494 e. The van der Waals surface area contributed by atoms with E-state index in [1.54, 1.807) is 32.9 Å². The zero-order valence-electron chi connectivity index (χ0n) is 24.4. The highest BCUT2D eigenvalue weighted by molar-refractivity contribution is 7.07. The smallest absolute Gasteiger partial charge is 0.344 e. The zero-order chi connectivity index (χ0) is 30.5. The van der Waals surface area contributed by atoms with Crippen molar-refractivity contribution in [3.63, 3.8) is 0 Å². The predicted molar refractivity (Wildman–Crippen MR) is 164 cm³/mol. The quantitative estimate of drug-likeness (QED) is 0.250. The molecule has 0 spiro atoms. The molecule has 0 saturated carbocycles. The van der Waals surface area contributed by atoms with E-state index in [0.29, 0.717) is 44.3 Å². The average Bonchev–Trinajstić information content (AvgIpc) is 3.30. The summed E-state index contributed by atoms with van der Waals surface area (Å²) in [6, 6.07) is 18.0. The Balaban J connectivity index is 1.69. The highest BCUT2D eigenvalue weighted by atomic mass is 32.1. The molecule has 0 fully saturated rings. The number of hydrogen-bond acceptors (Lipinski definition) is 9. The number of fused-ring (bicyclic) bond motifs is 2. The molecule has 0 aliphatic carbocycles. The molecule has 43 heavy (non-hydrogen) atoms. The summed E-state index contributed by atoms with van der Waals surface area (Å²) in [5.74, 6) is 0.103. The van der Waals surface area contributed by atoms with E-state index < -0.39 is 18.0 Å². The fourth-order valence-electron chi connectivity index (χ4n) is 5.04. The van der Waals surface area contributed by atoms with Crippen LogP contribution < -0.4 is 24.4 Å². The fraction of sp³-hybridized carbons (Fsp3) is 0.273. The van der Waals surface area contributed by atoms with Gasteiger partial charge < -0.3 is 18.9 Å². The number of rotatable bonds is 10. The van der Waals surface area contributed by atoms with Gasteiger partial charge in [0.1, 0.15) is 11.5 Å². The molecule has 0 N–H and O–H groups in total. The van der Waals surface area contributed by atoms with Crippen molar-refractivity contribution in [2.45, 2.75) is 33.7 Å². The molecule has 2 heterocycles. The molecule has 0 saturated heterocycles. The minimum atomic E-state index is -0.750. The first-order valence-corrected chi connectivity index (χ1v) is 14.9. The summed E-state index contributed by atoms with van der Waals surface area (Å²) >= 11 is 1.22. The summed E-state index contributed by atoms with van der Waals surface area (Å²) in [5.41, 5.74) is 1.83. The van der Waals surface area contributed by atoms with Crippen molar-refractivity contribution in [1.29, 1.82) is 0 Å². The lowest BCUT2D eigenvalue weighted by Gasteiger charge is -2.24. The third-order valence-electron chi connectivity index (χ3n) is 6.88. The Bertz CT molecular complexity index is 1890. The van der Waals surface area contributed by atoms with Crippen molar-refractivity contribution in [2.75, 3.05) is 26.4 Å². The lowest BCUT2D eigenvalue weighted by atomic mass is 9.96. The maximum absolute atomic E-state index is 14.2. The van der Waals surface area contributed by atoms with E-state index in [4.69, 9.17) is 18.9 Å². The van der Waals surface area contributed by atoms with Crippen molar-refractivity contribution >= 4 is 40.1 Å². The molecule has 4 aromatic rings. The van der Waals surface area contributed by atoms with Gasteiger partial charge in [0.05, 0.1) is 41.7 Å². The summed E-state index contributed by atoms with van der Waals surface area (Å²) in [4.78, 5) is 44.6. The average molecular weight is 601 g/mol. The lowest BCUT2D eigenvalue weighted by Crippen LogP contribution is -2.39. The van der Waals surface area contributed by atoms with Gasteiger partial charge in [-0.3, -0.25) is 9.36 Å². The number of esters is 2. The first-order chi connectivity index (χ1) is 20.9. The molecule has 0 bridgehead atoms. The summed E-state index contributed by atoms with van der Waals surface area (Å²) in [5, 5.41) is 1.79. The third kappa shape index (κ3) is 6.10.